The number of hydrogen-bond donors (Lipinski definition) is 3. The van der Waals surface area contributed by atoms with Gasteiger partial charge in [-0.05, 0) is 33.2 Å². The monoisotopic (exact) mass is 274 g/mol. The summed E-state index contributed by atoms with van der Waals surface area (Å²) in [6.45, 7) is 2.86. The Morgan fingerprint density at radius 2 is 2.10 bits per heavy atom. The first-order chi connectivity index (χ1) is 9.39. The van der Waals surface area contributed by atoms with Crippen LogP contribution >= 0.6 is 0 Å². The van der Waals surface area contributed by atoms with Gasteiger partial charge < -0.3 is 21.1 Å². The number of benzene rings is 1. The first-order valence-electron chi connectivity index (χ1n) is 6.63. The maximum absolute atomic E-state index is 10.3. The van der Waals surface area contributed by atoms with Gasteiger partial charge in [-0.3, -0.25) is 4.98 Å². The Hall–Kier alpha value is -1.85. The summed E-state index contributed by atoms with van der Waals surface area (Å²) in [5, 5.41) is 14.6. The predicted octanol–water partition coefficient (Wildman–Crippen LogP) is 1.54. The standard InChI is InChI=1S/C15H22N4O/c1-15(20,10-19(2)3)9-18-13-7-8-17-14-11(13)5-4-6-12(14)16/h4-8,20H,9-10,16H2,1-3H3,(H,17,18). The van der Waals surface area contributed by atoms with Crippen molar-refractivity contribution >= 4 is 22.3 Å². The fourth-order valence-electron chi connectivity index (χ4n) is 2.38. The van der Waals surface area contributed by atoms with Gasteiger partial charge >= 0.3 is 0 Å². The van der Waals surface area contributed by atoms with Crippen molar-refractivity contribution in [3.63, 3.8) is 0 Å². The van der Waals surface area contributed by atoms with E-state index in [4.69, 9.17) is 5.73 Å². The fourth-order valence-corrected chi connectivity index (χ4v) is 2.38. The van der Waals surface area contributed by atoms with Crippen LogP contribution in [0.1, 0.15) is 6.92 Å². The van der Waals surface area contributed by atoms with E-state index >= 15 is 0 Å². The van der Waals surface area contributed by atoms with E-state index in [9.17, 15) is 5.11 Å². The van der Waals surface area contributed by atoms with Crippen LogP contribution in [0, 0.1) is 0 Å². The number of hydrogen-bond acceptors (Lipinski definition) is 5. The van der Waals surface area contributed by atoms with E-state index in [1.165, 1.54) is 0 Å². The third-order valence-corrected chi connectivity index (χ3v) is 3.12. The second kappa shape index (κ2) is 5.64. The zero-order chi connectivity index (χ0) is 14.8. The summed E-state index contributed by atoms with van der Waals surface area (Å²) < 4.78 is 0. The van der Waals surface area contributed by atoms with Gasteiger partial charge in [-0.15, -0.1) is 0 Å². The summed E-state index contributed by atoms with van der Waals surface area (Å²) in [7, 11) is 3.88. The minimum Gasteiger partial charge on any atom is -0.397 e. The Labute approximate surface area is 119 Å². The summed E-state index contributed by atoms with van der Waals surface area (Å²) in [6.07, 6.45) is 1.72. The molecule has 0 amide bonds. The van der Waals surface area contributed by atoms with Crippen LogP contribution in [0.5, 0.6) is 0 Å². The highest BCUT2D eigenvalue weighted by Gasteiger charge is 2.21. The Kier molecular flexibility index (Phi) is 4.11. The highest BCUT2D eigenvalue weighted by Crippen LogP contribution is 2.25. The largest absolute Gasteiger partial charge is 0.397 e. The number of anilines is 2. The molecule has 1 atom stereocenters. The van der Waals surface area contributed by atoms with Crippen LogP contribution in [-0.2, 0) is 0 Å². The van der Waals surface area contributed by atoms with Crippen molar-refractivity contribution in [2.75, 3.05) is 38.2 Å². The molecule has 2 aromatic rings. The van der Waals surface area contributed by atoms with E-state index in [0.29, 0.717) is 18.8 Å². The Balaban J connectivity index is 2.20. The van der Waals surface area contributed by atoms with Gasteiger partial charge in [0, 0.05) is 30.4 Å². The molecule has 2 rings (SSSR count). The molecule has 4 N–H and O–H groups in total. The molecular formula is C15H22N4O. The van der Waals surface area contributed by atoms with E-state index in [0.717, 1.165) is 16.6 Å². The Bertz CT molecular complexity index is 595. The number of aromatic nitrogens is 1. The van der Waals surface area contributed by atoms with Crippen LogP contribution in [0.15, 0.2) is 30.5 Å². The molecule has 108 valence electrons. The number of fused-ring (bicyclic) bond motifs is 1. The average Bonchev–Trinajstić information content (AvgIpc) is 2.35. The van der Waals surface area contributed by atoms with Crippen LogP contribution < -0.4 is 11.1 Å². The third-order valence-electron chi connectivity index (χ3n) is 3.12. The maximum Gasteiger partial charge on any atom is 0.0951 e. The number of rotatable bonds is 5. The number of aliphatic hydroxyl groups is 1. The van der Waals surface area contributed by atoms with Crippen LogP contribution in [0.4, 0.5) is 11.4 Å². The van der Waals surface area contributed by atoms with E-state index in [2.05, 4.69) is 10.3 Å². The van der Waals surface area contributed by atoms with E-state index in [1.807, 2.05) is 50.2 Å². The number of nitrogens with one attached hydrogen (secondary N) is 1. The topological polar surface area (TPSA) is 74.4 Å². The molecule has 1 heterocycles. The van der Waals surface area contributed by atoms with Crippen LogP contribution in [0.25, 0.3) is 10.9 Å². The van der Waals surface area contributed by atoms with Crippen LogP contribution in [0.2, 0.25) is 0 Å². The highest BCUT2D eigenvalue weighted by atomic mass is 16.3. The van der Waals surface area contributed by atoms with Gasteiger partial charge in [-0.2, -0.15) is 0 Å². The summed E-state index contributed by atoms with van der Waals surface area (Å²) >= 11 is 0. The van der Waals surface area contributed by atoms with Crippen molar-refractivity contribution in [3.05, 3.63) is 30.5 Å². The van der Waals surface area contributed by atoms with Gasteiger partial charge in [0.15, 0.2) is 0 Å². The smallest absolute Gasteiger partial charge is 0.0951 e. The Morgan fingerprint density at radius 3 is 2.80 bits per heavy atom. The van der Waals surface area contributed by atoms with E-state index in [-0.39, 0.29) is 0 Å². The second-order valence-electron chi connectivity index (χ2n) is 5.69. The maximum atomic E-state index is 10.3. The summed E-state index contributed by atoms with van der Waals surface area (Å²) in [4.78, 5) is 6.26. The number of nitrogen functional groups attached to an aromatic ring is 1. The minimum atomic E-state index is -0.806. The first-order valence-corrected chi connectivity index (χ1v) is 6.63. The van der Waals surface area contributed by atoms with Gasteiger partial charge in [0.1, 0.15) is 0 Å². The van der Waals surface area contributed by atoms with Gasteiger partial charge in [0.25, 0.3) is 0 Å². The molecule has 0 aliphatic rings. The van der Waals surface area contributed by atoms with E-state index in [1.54, 1.807) is 6.20 Å². The van der Waals surface area contributed by atoms with Crippen molar-refractivity contribution in [1.29, 1.82) is 0 Å². The highest BCUT2D eigenvalue weighted by molar-refractivity contribution is 5.97. The molecular weight excluding hydrogens is 252 g/mol. The number of nitrogens with zero attached hydrogens (tertiary/aromatic N) is 2. The molecule has 0 fully saturated rings. The number of nitrogens with two attached hydrogens (primary N) is 1. The molecule has 20 heavy (non-hydrogen) atoms. The second-order valence-corrected chi connectivity index (χ2v) is 5.69. The average molecular weight is 274 g/mol. The molecule has 5 heteroatoms. The number of para-hydroxylation sites is 1. The van der Waals surface area contributed by atoms with Crippen LogP contribution in [0.3, 0.4) is 0 Å². The molecule has 0 radical (unpaired) electrons. The van der Waals surface area contributed by atoms with Crippen LogP contribution in [-0.4, -0.2) is 47.8 Å². The van der Waals surface area contributed by atoms with E-state index < -0.39 is 5.60 Å². The SMILES string of the molecule is CN(C)CC(C)(O)CNc1ccnc2c(N)cccc12. The van der Waals surface area contributed by atoms with Crippen molar-refractivity contribution in [2.24, 2.45) is 0 Å². The zero-order valence-corrected chi connectivity index (χ0v) is 12.2. The number of likely N-dealkylation sites (N-methyl/N-ethyl adjacent to an activating group) is 1. The Morgan fingerprint density at radius 1 is 1.35 bits per heavy atom. The minimum absolute atomic E-state index is 0.457. The molecule has 5 nitrogen and oxygen atoms in total. The molecule has 0 saturated carbocycles. The summed E-state index contributed by atoms with van der Waals surface area (Å²) in [6, 6.07) is 7.61. The number of pyridine rings is 1. The molecule has 0 aliphatic carbocycles. The molecule has 1 aromatic heterocycles. The van der Waals surface area contributed by atoms with Gasteiger partial charge in [-0.25, -0.2) is 0 Å². The zero-order valence-electron chi connectivity index (χ0n) is 12.2. The summed E-state index contributed by atoms with van der Waals surface area (Å²) in [5.74, 6) is 0. The molecule has 0 spiro atoms. The van der Waals surface area contributed by atoms with Crippen molar-refractivity contribution in [2.45, 2.75) is 12.5 Å². The van der Waals surface area contributed by atoms with Crippen molar-refractivity contribution < 1.29 is 5.11 Å². The molecule has 0 saturated heterocycles. The lowest BCUT2D eigenvalue weighted by Crippen LogP contribution is -2.43. The normalized spacial score (nSPS) is 14.4. The van der Waals surface area contributed by atoms with Gasteiger partial charge in [0.05, 0.1) is 16.8 Å². The van der Waals surface area contributed by atoms with Gasteiger partial charge in [0.2, 0.25) is 0 Å². The first kappa shape index (κ1) is 14.6. The van der Waals surface area contributed by atoms with Crippen molar-refractivity contribution in [1.82, 2.24) is 9.88 Å². The summed E-state index contributed by atoms with van der Waals surface area (Å²) in [5.41, 5.74) is 7.49. The lowest BCUT2D eigenvalue weighted by molar-refractivity contribution is 0.0460. The van der Waals surface area contributed by atoms with Crippen molar-refractivity contribution in [3.8, 4) is 0 Å². The quantitative estimate of drug-likeness (QED) is 0.721. The molecule has 0 aliphatic heterocycles. The van der Waals surface area contributed by atoms with Gasteiger partial charge in [-0.1, -0.05) is 12.1 Å². The molecule has 1 unspecified atom stereocenters. The molecule has 0 bridgehead atoms. The predicted molar refractivity (Wildman–Crippen MR) is 83.8 cm³/mol. The lowest BCUT2D eigenvalue weighted by atomic mass is 10.1. The third kappa shape index (κ3) is 3.37. The molecule has 1 aromatic carbocycles. The fraction of sp³-hybridized carbons (Fsp3) is 0.400. The lowest BCUT2D eigenvalue weighted by Gasteiger charge is -2.27.